The minimum absolute atomic E-state index is 0.0168. The van der Waals surface area contributed by atoms with E-state index in [1.165, 1.54) is 23.5 Å². The number of halogens is 1. The van der Waals surface area contributed by atoms with Crippen LogP contribution in [-0.4, -0.2) is 36.3 Å². The molecular weight excluding hydrogens is 327 g/mol. The number of hydrogen-bond donors (Lipinski definition) is 1. The fourth-order valence-electron chi connectivity index (χ4n) is 2.90. The monoisotopic (exact) mass is 346 g/mol. The standard InChI is InChI=1S/C18H19FN2O2S/c1-11-15(12-3-5-13(19)6-4-12)9-16(24-11)18(23)20-14-7-8-17(22)21(2)10-14/h3-6,9,14H,7-8,10H2,1-2H3,(H,20,23). The third-order valence-electron chi connectivity index (χ3n) is 4.26. The summed E-state index contributed by atoms with van der Waals surface area (Å²) < 4.78 is 13.1. The van der Waals surface area contributed by atoms with E-state index >= 15 is 0 Å². The maximum absolute atomic E-state index is 13.1. The van der Waals surface area contributed by atoms with Crippen LogP contribution < -0.4 is 5.32 Å². The first-order chi connectivity index (χ1) is 11.4. The molecule has 1 N–H and O–H groups in total. The fourth-order valence-corrected chi connectivity index (χ4v) is 3.84. The van der Waals surface area contributed by atoms with Crippen LogP contribution in [0.5, 0.6) is 0 Å². The Labute approximate surface area is 144 Å². The fraction of sp³-hybridized carbons (Fsp3) is 0.333. The summed E-state index contributed by atoms with van der Waals surface area (Å²) in [6.45, 7) is 2.49. The number of hydrogen-bond acceptors (Lipinski definition) is 3. The van der Waals surface area contributed by atoms with E-state index < -0.39 is 0 Å². The molecule has 1 saturated heterocycles. The average Bonchev–Trinajstić information content (AvgIpc) is 2.94. The number of piperidine rings is 1. The molecule has 2 amide bonds. The lowest BCUT2D eigenvalue weighted by atomic mass is 10.0. The van der Waals surface area contributed by atoms with Crippen molar-refractivity contribution in [2.75, 3.05) is 13.6 Å². The molecule has 3 rings (SSSR count). The van der Waals surface area contributed by atoms with Crippen LogP contribution in [0, 0.1) is 12.7 Å². The predicted octanol–water partition coefficient (Wildman–Crippen LogP) is 3.21. The molecule has 1 aliphatic heterocycles. The summed E-state index contributed by atoms with van der Waals surface area (Å²) in [4.78, 5) is 27.3. The molecule has 0 aliphatic carbocycles. The van der Waals surface area contributed by atoms with Gasteiger partial charge in [0, 0.05) is 30.9 Å². The number of nitrogens with zero attached hydrogens (tertiary/aromatic N) is 1. The Morgan fingerprint density at radius 1 is 1.33 bits per heavy atom. The summed E-state index contributed by atoms with van der Waals surface area (Å²) >= 11 is 1.43. The summed E-state index contributed by atoms with van der Waals surface area (Å²) in [6, 6.07) is 8.10. The number of nitrogens with one attached hydrogen (secondary N) is 1. The van der Waals surface area contributed by atoms with Gasteiger partial charge in [-0.3, -0.25) is 9.59 Å². The van der Waals surface area contributed by atoms with Gasteiger partial charge < -0.3 is 10.2 Å². The number of likely N-dealkylation sites (tertiary alicyclic amines) is 1. The second-order valence-electron chi connectivity index (χ2n) is 6.07. The highest BCUT2D eigenvalue weighted by molar-refractivity contribution is 7.14. The minimum Gasteiger partial charge on any atom is -0.347 e. The van der Waals surface area contributed by atoms with E-state index in [0.29, 0.717) is 24.3 Å². The van der Waals surface area contributed by atoms with E-state index in [0.717, 1.165) is 16.0 Å². The van der Waals surface area contributed by atoms with Crippen LogP contribution in [0.15, 0.2) is 30.3 Å². The van der Waals surface area contributed by atoms with Gasteiger partial charge in [-0.05, 0) is 42.7 Å². The number of benzene rings is 1. The lowest BCUT2D eigenvalue weighted by molar-refractivity contribution is -0.132. The van der Waals surface area contributed by atoms with Crippen LogP contribution in [0.2, 0.25) is 0 Å². The van der Waals surface area contributed by atoms with Crippen LogP contribution in [-0.2, 0) is 4.79 Å². The van der Waals surface area contributed by atoms with Crippen molar-refractivity contribution < 1.29 is 14.0 Å². The molecule has 2 aromatic rings. The third-order valence-corrected chi connectivity index (χ3v) is 5.31. The van der Waals surface area contributed by atoms with Crippen LogP contribution in [0.3, 0.4) is 0 Å². The van der Waals surface area contributed by atoms with Gasteiger partial charge in [0.1, 0.15) is 5.82 Å². The van der Waals surface area contributed by atoms with Gasteiger partial charge in [-0.2, -0.15) is 0 Å². The molecule has 1 atom stereocenters. The molecule has 126 valence electrons. The van der Waals surface area contributed by atoms with Gasteiger partial charge in [0.25, 0.3) is 5.91 Å². The highest BCUT2D eigenvalue weighted by Gasteiger charge is 2.25. The first-order valence-corrected chi connectivity index (χ1v) is 8.67. The van der Waals surface area contributed by atoms with Gasteiger partial charge in [-0.15, -0.1) is 11.3 Å². The average molecular weight is 346 g/mol. The molecule has 2 heterocycles. The maximum Gasteiger partial charge on any atom is 0.261 e. The number of thiophene rings is 1. The van der Waals surface area contributed by atoms with Gasteiger partial charge >= 0.3 is 0 Å². The minimum atomic E-state index is -0.277. The molecule has 24 heavy (non-hydrogen) atoms. The largest absolute Gasteiger partial charge is 0.347 e. The zero-order chi connectivity index (χ0) is 17.3. The predicted molar refractivity (Wildman–Crippen MR) is 92.6 cm³/mol. The van der Waals surface area contributed by atoms with E-state index in [1.807, 2.05) is 13.0 Å². The maximum atomic E-state index is 13.1. The molecule has 1 aromatic heterocycles. The van der Waals surface area contributed by atoms with Crippen LogP contribution in [0.4, 0.5) is 4.39 Å². The lowest BCUT2D eigenvalue weighted by Crippen LogP contribution is -2.48. The normalized spacial score (nSPS) is 17.9. The molecule has 0 saturated carbocycles. The molecular formula is C18H19FN2O2S. The Hall–Kier alpha value is -2.21. The van der Waals surface area contributed by atoms with Crippen LogP contribution in [0.25, 0.3) is 11.1 Å². The number of amides is 2. The van der Waals surface area contributed by atoms with E-state index in [-0.39, 0.29) is 23.7 Å². The Morgan fingerprint density at radius 2 is 2.04 bits per heavy atom. The van der Waals surface area contributed by atoms with Gasteiger partial charge in [0.2, 0.25) is 5.91 Å². The summed E-state index contributed by atoms with van der Waals surface area (Å²) in [6.07, 6.45) is 1.13. The van der Waals surface area contributed by atoms with Gasteiger partial charge in [0.15, 0.2) is 0 Å². The van der Waals surface area contributed by atoms with Crippen molar-refractivity contribution in [2.24, 2.45) is 0 Å². The van der Waals surface area contributed by atoms with Gasteiger partial charge in [-0.25, -0.2) is 4.39 Å². The zero-order valence-electron chi connectivity index (χ0n) is 13.6. The van der Waals surface area contributed by atoms with Crippen LogP contribution >= 0.6 is 11.3 Å². The summed E-state index contributed by atoms with van der Waals surface area (Å²) in [5.74, 6) is -0.282. The zero-order valence-corrected chi connectivity index (χ0v) is 14.5. The SMILES string of the molecule is Cc1sc(C(=O)NC2CCC(=O)N(C)C2)cc1-c1ccc(F)cc1. The first kappa shape index (κ1) is 16.6. The Balaban J connectivity index is 1.73. The summed E-state index contributed by atoms with van der Waals surface area (Å²) in [7, 11) is 1.75. The Morgan fingerprint density at radius 3 is 2.71 bits per heavy atom. The molecule has 0 bridgehead atoms. The van der Waals surface area contributed by atoms with E-state index in [1.54, 1.807) is 24.1 Å². The third kappa shape index (κ3) is 3.48. The Bertz CT molecular complexity index is 770. The summed E-state index contributed by atoms with van der Waals surface area (Å²) in [5, 5.41) is 3.00. The summed E-state index contributed by atoms with van der Waals surface area (Å²) in [5.41, 5.74) is 1.84. The number of carbonyl (C=O) groups is 2. The smallest absolute Gasteiger partial charge is 0.261 e. The number of aryl methyl sites for hydroxylation is 1. The van der Waals surface area contributed by atoms with E-state index in [9.17, 15) is 14.0 Å². The quantitative estimate of drug-likeness (QED) is 0.928. The van der Waals surface area contributed by atoms with Crippen molar-refractivity contribution in [1.29, 1.82) is 0 Å². The highest BCUT2D eigenvalue weighted by atomic mass is 32.1. The molecule has 0 radical (unpaired) electrons. The molecule has 4 nitrogen and oxygen atoms in total. The molecule has 1 aliphatic rings. The van der Waals surface area contributed by atoms with Crippen molar-refractivity contribution in [2.45, 2.75) is 25.8 Å². The number of carbonyl (C=O) groups excluding carboxylic acids is 2. The molecule has 1 unspecified atom stereocenters. The topological polar surface area (TPSA) is 49.4 Å². The van der Waals surface area contributed by atoms with E-state index in [2.05, 4.69) is 5.32 Å². The van der Waals surface area contributed by atoms with Crippen molar-refractivity contribution in [3.63, 3.8) is 0 Å². The second-order valence-corrected chi connectivity index (χ2v) is 7.33. The molecule has 6 heteroatoms. The van der Waals surface area contributed by atoms with Crippen LogP contribution in [0.1, 0.15) is 27.4 Å². The molecule has 1 fully saturated rings. The van der Waals surface area contributed by atoms with Gasteiger partial charge in [-0.1, -0.05) is 12.1 Å². The van der Waals surface area contributed by atoms with Crippen molar-refractivity contribution in [3.05, 3.63) is 45.9 Å². The van der Waals surface area contributed by atoms with Crippen molar-refractivity contribution in [3.8, 4) is 11.1 Å². The number of likely N-dealkylation sites (N-methyl/N-ethyl adjacent to an activating group) is 1. The van der Waals surface area contributed by atoms with E-state index in [4.69, 9.17) is 0 Å². The first-order valence-electron chi connectivity index (χ1n) is 7.85. The van der Waals surface area contributed by atoms with Crippen molar-refractivity contribution >= 4 is 23.2 Å². The van der Waals surface area contributed by atoms with Gasteiger partial charge in [0.05, 0.1) is 4.88 Å². The Kier molecular flexibility index (Phi) is 4.66. The molecule has 0 spiro atoms. The highest BCUT2D eigenvalue weighted by Crippen LogP contribution is 2.31. The van der Waals surface area contributed by atoms with Crippen molar-refractivity contribution in [1.82, 2.24) is 10.2 Å². The molecule has 1 aromatic carbocycles. The lowest BCUT2D eigenvalue weighted by Gasteiger charge is -2.29. The number of rotatable bonds is 3. The second kappa shape index (κ2) is 6.73.